The van der Waals surface area contributed by atoms with Crippen molar-refractivity contribution >= 4 is 0 Å². The molecule has 0 bridgehead atoms. The van der Waals surface area contributed by atoms with Gasteiger partial charge in [0.2, 0.25) is 0 Å². The highest BCUT2D eigenvalue weighted by molar-refractivity contribution is 5.06. The molecule has 2 rings (SSSR count). The van der Waals surface area contributed by atoms with Crippen molar-refractivity contribution in [2.75, 3.05) is 7.05 Å². The molecule has 1 unspecified atom stereocenters. The van der Waals surface area contributed by atoms with Crippen LogP contribution in [0.15, 0.2) is 12.4 Å². The van der Waals surface area contributed by atoms with E-state index in [2.05, 4.69) is 30.6 Å². The Hall–Kier alpha value is -0.830. The number of nitrogens with zero attached hydrogens (tertiary/aromatic N) is 2. The summed E-state index contributed by atoms with van der Waals surface area (Å²) in [4.78, 5) is 0. The van der Waals surface area contributed by atoms with Crippen molar-refractivity contribution in [3.8, 4) is 0 Å². The van der Waals surface area contributed by atoms with Crippen molar-refractivity contribution in [3.63, 3.8) is 0 Å². The van der Waals surface area contributed by atoms with E-state index in [1.165, 1.54) is 44.1 Å². The lowest BCUT2D eigenvalue weighted by Gasteiger charge is -2.17. The van der Waals surface area contributed by atoms with Gasteiger partial charge in [0.05, 0.1) is 6.20 Å². The van der Waals surface area contributed by atoms with Gasteiger partial charge in [0, 0.05) is 18.8 Å². The Morgan fingerprint density at radius 1 is 1.44 bits per heavy atom. The molecule has 1 aliphatic rings. The normalized spacial score (nSPS) is 18.3. The van der Waals surface area contributed by atoms with E-state index in [9.17, 15) is 0 Å². The first-order valence-corrected chi connectivity index (χ1v) is 7.50. The number of rotatable bonds is 7. The van der Waals surface area contributed by atoms with Gasteiger partial charge in [-0.2, -0.15) is 5.10 Å². The molecule has 1 atom stereocenters. The maximum Gasteiger partial charge on any atom is 0.0522 e. The molecule has 1 heterocycles. The monoisotopic (exact) mass is 249 g/mol. The first-order valence-electron chi connectivity index (χ1n) is 7.50. The highest BCUT2D eigenvalue weighted by atomic mass is 15.3. The molecule has 0 aromatic carbocycles. The van der Waals surface area contributed by atoms with Crippen LogP contribution in [0.4, 0.5) is 0 Å². The van der Waals surface area contributed by atoms with Gasteiger partial charge in [-0.05, 0) is 44.7 Å². The van der Waals surface area contributed by atoms with Gasteiger partial charge >= 0.3 is 0 Å². The lowest BCUT2D eigenvalue weighted by molar-refractivity contribution is 0.418. The van der Waals surface area contributed by atoms with Crippen LogP contribution in [0.5, 0.6) is 0 Å². The molecule has 0 spiro atoms. The van der Waals surface area contributed by atoms with Crippen molar-refractivity contribution in [3.05, 3.63) is 18.0 Å². The molecule has 102 valence electrons. The Kier molecular flexibility index (Phi) is 5.24. The quantitative estimate of drug-likeness (QED) is 0.805. The minimum absolute atomic E-state index is 0.611. The molecule has 0 amide bonds. The number of aryl methyl sites for hydroxylation is 1. The van der Waals surface area contributed by atoms with Crippen LogP contribution in [0.25, 0.3) is 0 Å². The SMILES string of the molecule is CCn1cc(CC(CCC2CCCC2)NC)cn1. The van der Waals surface area contributed by atoms with Crippen LogP contribution in [0.2, 0.25) is 0 Å². The van der Waals surface area contributed by atoms with Crippen LogP contribution < -0.4 is 5.32 Å². The Bertz CT molecular complexity index is 339. The van der Waals surface area contributed by atoms with Crippen molar-refractivity contribution in [1.29, 1.82) is 0 Å². The lowest BCUT2D eigenvalue weighted by Crippen LogP contribution is -2.28. The molecule has 3 heteroatoms. The molecule has 0 saturated heterocycles. The van der Waals surface area contributed by atoms with E-state index in [4.69, 9.17) is 0 Å². The van der Waals surface area contributed by atoms with Crippen LogP contribution in [0.3, 0.4) is 0 Å². The number of aromatic nitrogens is 2. The Balaban J connectivity index is 1.77. The van der Waals surface area contributed by atoms with Gasteiger partial charge in [-0.3, -0.25) is 4.68 Å². The Morgan fingerprint density at radius 2 is 2.22 bits per heavy atom. The summed E-state index contributed by atoms with van der Waals surface area (Å²) >= 11 is 0. The fourth-order valence-electron chi connectivity index (χ4n) is 3.05. The molecule has 3 nitrogen and oxygen atoms in total. The third-order valence-electron chi connectivity index (χ3n) is 4.30. The second-order valence-corrected chi connectivity index (χ2v) is 5.62. The van der Waals surface area contributed by atoms with Crippen LogP contribution in [0, 0.1) is 5.92 Å². The third-order valence-corrected chi connectivity index (χ3v) is 4.30. The van der Waals surface area contributed by atoms with Gasteiger partial charge < -0.3 is 5.32 Å². The second-order valence-electron chi connectivity index (χ2n) is 5.62. The van der Waals surface area contributed by atoms with Crippen molar-refractivity contribution in [1.82, 2.24) is 15.1 Å². The average molecular weight is 249 g/mol. The van der Waals surface area contributed by atoms with Gasteiger partial charge in [-0.15, -0.1) is 0 Å². The fraction of sp³-hybridized carbons (Fsp3) is 0.800. The molecular formula is C15H27N3. The molecule has 1 aromatic heterocycles. The average Bonchev–Trinajstić information content (AvgIpc) is 3.05. The van der Waals surface area contributed by atoms with E-state index >= 15 is 0 Å². The molecule has 18 heavy (non-hydrogen) atoms. The summed E-state index contributed by atoms with van der Waals surface area (Å²) < 4.78 is 2.01. The van der Waals surface area contributed by atoms with E-state index in [1.54, 1.807) is 0 Å². The molecule has 1 fully saturated rings. The summed E-state index contributed by atoms with van der Waals surface area (Å²) in [6.07, 6.45) is 13.9. The van der Waals surface area contributed by atoms with E-state index in [0.29, 0.717) is 6.04 Å². The predicted octanol–water partition coefficient (Wildman–Crippen LogP) is 3.00. The minimum Gasteiger partial charge on any atom is -0.317 e. The first-order chi connectivity index (χ1) is 8.81. The van der Waals surface area contributed by atoms with Gasteiger partial charge in [0.15, 0.2) is 0 Å². The van der Waals surface area contributed by atoms with Crippen molar-refractivity contribution < 1.29 is 0 Å². The molecule has 1 saturated carbocycles. The van der Waals surface area contributed by atoms with E-state index in [-0.39, 0.29) is 0 Å². The first kappa shape index (κ1) is 13.6. The lowest BCUT2D eigenvalue weighted by atomic mass is 9.96. The van der Waals surface area contributed by atoms with E-state index in [1.807, 2.05) is 10.9 Å². The Morgan fingerprint density at radius 3 is 2.83 bits per heavy atom. The highest BCUT2D eigenvalue weighted by Gasteiger charge is 2.17. The van der Waals surface area contributed by atoms with E-state index < -0.39 is 0 Å². The molecular weight excluding hydrogens is 222 g/mol. The zero-order chi connectivity index (χ0) is 12.8. The molecule has 0 aliphatic heterocycles. The third kappa shape index (κ3) is 3.84. The topological polar surface area (TPSA) is 29.9 Å². The summed E-state index contributed by atoms with van der Waals surface area (Å²) in [6.45, 7) is 3.10. The van der Waals surface area contributed by atoms with Crippen LogP contribution >= 0.6 is 0 Å². The largest absolute Gasteiger partial charge is 0.317 e. The predicted molar refractivity (Wildman–Crippen MR) is 75.6 cm³/mol. The molecule has 1 N–H and O–H groups in total. The molecule has 1 aromatic rings. The zero-order valence-corrected chi connectivity index (χ0v) is 11.9. The van der Waals surface area contributed by atoms with Gasteiger partial charge in [0.25, 0.3) is 0 Å². The zero-order valence-electron chi connectivity index (χ0n) is 11.9. The number of nitrogens with one attached hydrogen (secondary N) is 1. The maximum absolute atomic E-state index is 4.35. The molecule has 1 aliphatic carbocycles. The van der Waals surface area contributed by atoms with Crippen LogP contribution in [-0.4, -0.2) is 22.9 Å². The van der Waals surface area contributed by atoms with Gasteiger partial charge in [-0.25, -0.2) is 0 Å². The summed E-state index contributed by atoms with van der Waals surface area (Å²) in [6, 6.07) is 0.611. The standard InChI is InChI=1S/C15H27N3/c1-3-18-12-14(11-17-18)10-15(16-2)9-8-13-6-4-5-7-13/h11-13,15-16H,3-10H2,1-2H3. The summed E-state index contributed by atoms with van der Waals surface area (Å²) in [5.41, 5.74) is 1.36. The van der Waals surface area contributed by atoms with Crippen LogP contribution in [0.1, 0.15) is 51.0 Å². The highest BCUT2D eigenvalue weighted by Crippen LogP contribution is 2.29. The minimum atomic E-state index is 0.611. The Labute approximate surface area is 111 Å². The molecule has 0 radical (unpaired) electrons. The number of hydrogen-bond acceptors (Lipinski definition) is 2. The van der Waals surface area contributed by atoms with Gasteiger partial charge in [0.1, 0.15) is 0 Å². The van der Waals surface area contributed by atoms with Crippen molar-refractivity contribution in [2.24, 2.45) is 5.92 Å². The van der Waals surface area contributed by atoms with E-state index in [0.717, 1.165) is 18.9 Å². The summed E-state index contributed by atoms with van der Waals surface area (Å²) in [7, 11) is 2.09. The second kappa shape index (κ2) is 6.93. The maximum atomic E-state index is 4.35. The summed E-state index contributed by atoms with van der Waals surface area (Å²) in [5, 5.41) is 7.81. The fourth-order valence-corrected chi connectivity index (χ4v) is 3.05. The van der Waals surface area contributed by atoms with Gasteiger partial charge in [-0.1, -0.05) is 25.7 Å². The number of hydrogen-bond donors (Lipinski definition) is 1. The smallest absolute Gasteiger partial charge is 0.0522 e. The van der Waals surface area contributed by atoms with Crippen LogP contribution in [-0.2, 0) is 13.0 Å². The van der Waals surface area contributed by atoms with Crippen molar-refractivity contribution in [2.45, 2.75) is 64.5 Å². The number of likely N-dealkylation sites (N-methyl/N-ethyl adjacent to an activating group) is 1. The summed E-state index contributed by atoms with van der Waals surface area (Å²) in [5.74, 6) is 0.999.